The normalized spacial score (nSPS) is 28.0. The van der Waals surface area contributed by atoms with Crippen LogP contribution in [0.5, 0.6) is 0 Å². The molecule has 1 fully saturated rings. The van der Waals surface area contributed by atoms with Gasteiger partial charge in [0, 0.05) is 6.04 Å². The van der Waals surface area contributed by atoms with Crippen LogP contribution < -0.4 is 5.32 Å². The van der Waals surface area contributed by atoms with E-state index in [-0.39, 0.29) is 22.5 Å². The lowest BCUT2D eigenvalue weighted by molar-refractivity contribution is 0.216. The van der Waals surface area contributed by atoms with Gasteiger partial charge in [-0.1, -0.05) is 26.0 Å². The fraction of sp³-hybridized carbons (Fsp3) is 0.600. The molecular formula is C15H22FNOS. The van der Waals surface area contributed by atoms with E-state index in [9.17, 15) is 8.60 Å². The number of hydrogen-bond acceptors (Lipinski definition) is 2. The highest BCUT2D eigenvalue weighted by molar-refractivity contribution is 7.85. The summed E-state index contributed by atoms with van der Waals surface area (Å²) in [5, 5.41) is 3.22. The summed E-state index contributed by atoms with van der Waals surface area (Å²) in [6.45, 7) is 4.40. The molecule has 0 spiro atoms. The van der Waals surface area contributed by atoms with Crippen LogP contribution in [0.1, 0.15) is 33.1 Å². The molecule has 3 unspecified atom stereocenters. The van der Waals surface area contributed by atoms with Crippen LogP contribution in [0.4, 0.5) is 4.39 Å². The number of rotatable bonds is 3. The van der Waals surface area contributed by atoms with Gasteiger partial charge in [0.1, 0.15) is 5.82 Å². The molecule has 1 aromatic carbocycles. The maximum atomic E-state index is 13.8. The third-order valence-electron chi connectivity index (χ3n) is 4.03. The molecule has 1 N–H and O–H groups in total. The zero-order chi connectivity index (χ0) is 14.0. The minimum Gasteiger partial charge on any atom is -0.316 e. The Balaban J connectivity index is 2.27. The molecule has 0 amide bonds. The zero-order valence-electron chi connectivity index (χ0n) is 11.8. The minimum absolute atomic E-state index is 0.0225. The molecule has 2 rings (SSSR count). The molecule has 0 radical (unpaired) electrons. The van der Waals surface area contributed by atoms with Gasteiger partial charge in [0.15, 0.2) is 0 Å². The maximum Gasteiger partial charge on any atom is 0.139 e. The topological polar surface area (TPSA) is 29.1 Å². The fourth-order valence-corrected chi connectivity index (χ4v) is 4.82. The Morgan fingerprint density at radius 1 is 1.37 bits per heavy atom. The highest BCUT2D eigenvalue weighted by Crippen LogP contribution is 2.38. The van der Waals surface area contributed by atoms with E-state index in [1.54, 1.807) is 18.2 Å². The molecule has 1 aromatic rings. The predicted molar refractivity (Wildman–Crippen MR) is 77.1 cm³/mol. The fourth-order valence-electron chi connectivity index (χ4n) is 2.85. The van der Waals surface area contributed by atoms with Crippen LogP contribution in [-0.2, 0) is 10.8 Å². The van der Waals surface area contributed by atoms with Gasteiger partial charge >= 0.3 is 0 Å². The van der Waals surface area contributed by atoms with Crippen LogP contribution >= 0.6 is 0 Å². The summed E-state index contributed by atoms with van der Waals surface area (Å²) in [4.78, 5) is 0.338. The summed E-state index contributed by atoms with van der Waals surface area (Å²) < 4.78 is 26.5. The lowest BCUT2D eigenvalue weighted by atomic mass is 9.75. The highest BCUT2D eigenvalue weighted by Gasteiger charge is 2.38. The molecule has 1 saturated carbocycles. The summed E-state index contributed by atoms with van der Waals surface area (Å²) in [7, 11) is 0.602. The molecule has 0 bridgehead atoms. The summed E-state index contributed by atoms with van der Waals surface area (Å²) in [6, 6.07) is 6.61. The van der Waals surface area contributed by atoms with Crippen LogP contribution in [0, 0.1) is 11.2 Å². The minimum atomic E-state index is -1.30. The van der Waals surface area contributed by atoms with Crippen molar-refractivity contribution in [2.75, 3.05) is 7.05 Å². The summed E-state index contributed by atoms with van der Waals surface area (Å²) in [5.41, 5.74) is 0.179. The van der Waals surface area contributed by atoms with Gasteiger partial charge in [0.2, 0.25) is 0 Å². The Labute approximate surface area is 117 Å². The highest BCUT2D eigenvalue weighted by atomic mass is 32.2. The molecule has 0 aliphatic heterocycles. The van der Waals surface area contributed by atoms with Crippen molar-refractivity contribution in [2.45, 2.75) is 49.3 Å². The van der Waals surface area contributed by atoms with Crippen LogP contribution in [-0.4, -0.2) is 22.5 Å². The van der Waals surface area contributed by atoms with Gasteiger partial charge in [-0.25, -0.2) is 4.39 Å². The van der Waals surface area contributed by atoms with Gasteiger partial charge in [-0.05, 0) is 43.9 Å². The molecule has 1 aliphatic carbocycles. The van der Waals surface area contributed by atoms with Crippen molar-refractivity contribution >= 4 is 10.8 Å². The van der Waals surface area contributed by atoms with Crippen LogP contribution in [0.25, 0.3) is 0 Å². The largest absolute Gasteiger partial charge is 0.316 e. The number of halogens is 1. The monoisotopic (exact) mass is 283 g/mol. The van der Waals surface area contributed by atoms with Crippen LogP contribution in [0.15, 0.2) is 29.2 Å². The van der Waals surface area contributed by atoms with Gasteiger partial charge in [0.05, 0.1) is 20.9 Å². The molecule has 4 heteroatoms. The first kappa shape index (κ1) is 14.7. The first-order valence-corrected chi connectivity index (χ1v) is 7.98. The Morgan fingerprint density at radius 2 is 2.05 bits per heavy atom. The molecule has 2 nitrogen and oxygen atoms in total. The maximum absolute atomic E-state index is 13.8. The van der Waals surface area contributed by atoms with Gasteiger partial charge in [0.25, 0.3) is 0 Å². The molecule has 19 heavy (non-hydrogen) atoms. The third-order valence-corrected chi connectivity index (χ3v) is 5.84. The van der Waals surface area contributed by atoms with Crippen molar-refractivity contribution in [3.63, 3.8) is 0 Å². The van der Waals surface area contributed by atoms with Crippen molar-refractivity contribution in [3.05, 3.63) is 30.1 Å². The van der Waals surface area contributed by atoms with Gasteiger partial charge in [-0.15, -0.1) is 0 Å². The number of nitrogens with one attached hydrogen (secondary N) is 1. The lowest BCUT2D eigenvalue weighted by Gasteiger charge is -2.40. The average molecular weight is 283 g/mol. The van der Waals surface area contributed by atoms with E-state index in [2.05, 4.69) is 19.2 Å². The zero-order valence-corrected chi connectivity index (χ0v) is 12.6. The average Bonchev–Trinajstić information content (AvgIpc) is 2.37. The van der Waals surface area contributed by atoms with Gasteiger partial charge in [-0.3, -0.25) is 4.21 Å². The summed E-state index contributed by atoms with van der Waals surface area (Å²) >= 11 is 0. The predicted octanol–water partition coefficient (Wildman–Crippen LogP) is 3.10. The van der Waals surface area contributed by atoms with Crippen molar-refractivity contribution < 1.29 is 8.60 Å². The van der Waals surface area contributed by atoms with E-state index < -0.39 is 10.8 Å². The first-order chi connectivity index (χ1) is 8.94. The van der Waals surface area contributed by atoms with Crippen molar-refractivity contribution in [1.82, 2.24) is 5.32 Å². The Bertz CT molecular complexity index is 475. The van der Waals surface area contributed by atoms with E-state index in [0.29, 0.717) is 4.90 Å². The van der Waals surface area contributed by atoms with Crippen LogP contribution in [0.2, 0.25) is 0 Å². The van der Waals surface area contributed by atoms with Gasteiger partial charge < -0.3 is 5.32 Å². The Hall–Kier alpha value is -0.740. The van der Waals surface area contributed by atoms with E-state index in [1.807, 2.05) is 7.05 Å². The second kappa shape index (κ2) is 5.71. The summed E-state index contributed by atoms with van der Waals surface area (Å²) in [6.07, 6.45) is 2.97. The summed E-state index contributed by atoms with van der Waals surface area (Å²) in [5.74, 6) is -0.362. The molecule has 0 saturated heterocycles. The smallest absolute Gasteiger partial charge is 0.139 e. The lowest BCUT2D eigenvalue weighted by Crippen LogP contribution is -2.47. The van der Waals surface area contributed by atoms with Crippen molar-refractivity contribution in [3.8, 4) is 0 Å². The first-order valence-electron chi connectivity index (χ1n) is 6.77. The van der Waals surface area contributed by atoms with E-state index in [1.165, 1.54) is 6.07 Å². The number of hydrogen-bond donors (Lipinski definition) is 1. The Kier molecular flexibility index (Phi) is 4.41. The molecule has 3 atom stereocenters. The standard InChI is InChI=1S/C15H22FNOS/c1-15(2)9-8-12(17-3)14(10-15)19(18)13-7-5-4-6-11(13)16/h4-7,12,14,17H,8-10H2,1-3H3. The van der Waals surface area contributed by atoms with Crippen molar-refractivity contribution in [2.24, 2.45) is 5.41 Å². The van der Waals surface area contributed by atoms with Crippen molar-refractivity contribution in [1.29, 1.82) is 0 Å². The van der Waals surface area contributed by atoms with E-state index in [4.69, 9.17) is 0 Å². The third kappa shape index (κ3) is 3.23. The van der Waals surface area contributed by atoms with E-state index >= 15 is 0 Å². The molecule has 106 valence electrons. The molecule has 0 heterocycles. The molecular weight excluding hydrogens is 261 g/mol. The quantitative estimate of drug-likeness (QED) is 0.923. The second-order valence-electron chi connectivity index (χ2n) is 6.07. The van der Waals surface area contributed by atoms with Gasteiger partial charge in [-0.2, -0.15) is 0 Å². The molecule has 0 aromatic heterocycles. The SMILES string of the molecule is CNC1CCC(C)(C)CC1S(=O)c1ccccc1F. The Morgan fingerprint density at radius 3 is 2.68 bits per heavy atom. The molecule has 1 aliphatic rings. The van der Waals surface area contributed by atoms with E-state index in [0.717, 1.165) is 19.3 Å². The second-order valence-corrected chi connectivity index (χ2v) is 7.71. The van der Waals surface area contributed by atoms with Crippen LogP contribution in [0.3, 0.4) is 0 Å². The number of benzene rings is 1.